The zero-order valence-corrected chi connectivity index (χ0v) is 11.0. The minimum atomic E-state index is -2.46. The Bertz CT molecular complexity index is 485. The molecule has 0 spiro atoms. The van der Waals surface area contributed by atoms with Crippen molar-refractivity contribution < 1.29 is 13.9 Å². The highest BCUT2D eigenvalue weighted by Gasteiger charge is 2.12. The Morgan fingerprint density at radius 2 is 1.79 bits per heavy atom. The van der Waals surface area contributed by atoms with Crippen molar-refractivity contribution in [1.29, 1.82) is 0 Å². The number of rotatable bonds is 6. The number of hydrogen-bond acceptors (Lipinski definition) is 3. The van der Waals surface area contributed by atoms with Crippen LogP contribution in [0.5, 0.6) is 0 Å². The summed E-state index contributed by atoms with van der Waals surface area (Å²) in [6, 6.07) is 9.78. The molecule has 1 aromatic heterocycles. The third kappa shape index (κ3) is 3.83. The van der Waals surface area contributed by atoms with Gasteiger partial charge in [-0.05, 0) is 17.0 Å². The van der Waals surface area contributed by atoms with E-state index in [9.17, 15) is 13.9 Å². The van der Waals surface area contributed by atoms with Crippen LogP contribution in [0.1, 0.15) is 28.5 Å². The van der Waals surface area contributed by atoms with Gasteiger partial charge in [-0.1, -0.05) is 30.3 Å². The molecule has 1 unspecified atom stereocenters. The molecule has 0 aliphatic heterocycles. The second kappa shape index (κ2) is 6.75. The van der Waals surface area contributed by atoms with Crippen LogP contribution in [0.25, 0.3) is 0 Å². The molecule has 0 saturated carbocycles. The first kappa shape index (κ1) is 14.1. The lowest BCUT2D eigenvalue weighted by molar-refractivity contribution is 0.151. The summed E-state index contributed by atoms with van der Waals surface area (Å²) in [5.41, 5.74) is 0.808. The van der Waals surface area contributed by atoms with Gasteiger partial charge in [0.25, 0.3) is 6.43 Å². The van der Waals surface area contributed by atoms with Gasteiger partial charge in [0.15, 0.2) is 0 Å². The van der Waals surface area contributed by atoms with Crippen molar-refractivity contribution in [3.63, 3.8) is 0 Å². The number of nitrogens with one attached hydrogen (secondary N) is 1. The van der Waals surface area contributed by atoms with Crippen LogP contribution in [0.15, 0.2) is 41.8 Å². The molecule has 2 N–H and O–H groups in total. The van der Waals surface area contributed by atoms with Gasteiger partial charge in [0.1, 0.15) is 0 Å². The van der Waals surface area contributed by atoms with Crippen molar-refractivity contribution in [2.75, 3.05) is 6.61 Å². The summed E-state index contributed by atoms with van der Waals surface area (Å²) >= 11 is 1.63. The minimum absolute atomic E-state index is 0.00121. The van der Waals surface area contributed by atoms with Gasteiger partial charge in [0.05, 0.1) is 12.6 Å². The largest absolute Gasteiger partial charge is 0.394 e. The first-order chi connectivity index (χ1) is 9.20. The van der Waals surface area contributed by atoms with Gasteiger partial charge in [-0.25, -0.2) is 8.78 Å². The third-order valence-electron chi connectivity index (χ3n) is 2.88. The molecule has 1 aromatic carbocycles. The molecular weight excluding hydrogens is 268 g/mol. The van der Waals surface area contributed by atoms with Crippen LogP contribution in [0.3, 0.4) is 0 Å². The van der Waals surface area contributed by atoms with Crippen molar-refractivity contribution in [3.05, 3.63) is 57.8 Å². The number of thiophene rings is 1. The average Bonchev–Trinajstić information content (AvgIpc) is 2.93. The third-order valence-corrected chi connectivity index (χ3v) is 3.75. The fraction of sp³-hybridized carbons (Fsp3) is 0.286. The van der Waals surface area contributed by atoms with Crippen molar-refractivity contribution in [2.45, 2.75) is 19.0 Å². The molecule has 5 heteroatoms. The van der Waals surface area contributed by atoms with Crippen LogP contribution in [0, 0.1) is 0 Å². The predicted molar refractivity (Wildman–Crippen MR) is 72.4 cm³/mol. The molecule has 1 heterocycles. The van der Waals surface area contributed by atoms with E-state index in [-0.39, 0.29) is 18.2 Å². The van der Waals surface area contributed by atoms with Crippen LogP contribution in [0.4, 0.5) is 8.78 Å². The van der Waals surface area contributed by atoms with E-state index in [1.807, 2.05) is 17.5 Å². The average molecular weight is 283 g/mol. The van der Waals surface area contributed by atoms with Gasteiger partial charge in [0.2, 0.25) is 0 Å². The summed E-state index contributed by atoms with van der Waals surface area (Å²) in [6.07, 6.45) is -2.46. The lowest BCUT2D eigenvalue weighted by atomic mass is 10.1. The number of hydrogen-bond donors (Lipinski definition) is 2. The number of aliphatic hydroxyl groups excluding tert-OH is 1. The smallest absolute Gasteiger partial charge is 0.263 e. The summed E-state index contributed by atoms with van der Waals surface area (Å²) in [6.45, 7) is 0.582. The molecular formula is C14H15F2NOS. The molecule has 0 amide bonds. The highest BCUT2D eigenvalue weighted by molar-refractivity contribution is 7.09. The number of aliphatic hydroxyl groups is 1. The maximum absolute atomic E-state index is 12.5. The minimum Gasteiger partial charge on any atom is -0.394 e. The van der Waals surface area contributed by atoms with Crippen LogP contribution < -0.4 is 5.32 Å². The summed E-state index contributed by atoms with van der Waals surface area (Å²) in [7, 11) is 0. The van der Waals surface area contributed by atoms with Gasteiger partial charge in [0, 0.05) is 17.0 Å². The quantitative estimate of drug-likeness (QED) is 0.850. The highest BCUT2D eigenvalue weighted by Crippen LogP contribution is 2.21. The van der Waals surface area contributed by atoms with E-state index in [0.29, 0.717) is 6.54 Å². The van der Waals surface area contributed by atoms with Gasteiger partial charge in [-0.15, -0.1) is 11.3 Å². The summed E-state index contributed by atoms with van der Waals surface area (Å²) in [5.74, 6) is 0. The highest BCUT2D eigenvalue weighted by atomic mass is 32.1. The molecule has 0 aliphatic carbocycles. The Morgan fingerprint density at radius 1 is 1.11 bits per heavy atom. The van der Waals surface area contributed by atoms with Crippen molar-refractivity contribution in [2.24, 2.45) is 0 Å². The lowest BCUT2D eigenvalue weighted by Gasteiger charge is -2.16. The molecule has 1 atom stereocenters. The molecule has 0 radical (unpaired) electrons. The fourth-order valence-corrected chi connectivity index (χ4v) is 2.45. The molecule has 2 rings (SSSR count). The maximum atomic E-state index is 12.5. The number of halogens is 2. The van der Waals surface area contributed by atoms with Gasteiger partial charge < -0.3 is 10.4 Å². The van der Waals surface area contributed by atoms with Crippen molar-refractivity contribution in [3.8, 4) is 0 Å². The van der Waals surface area contributed by atoms with Crippen LogP contribution in [0.2, 0.25) is 0 Å². The molecule has 19 heavy (non-hydrogen) atoms. The van der Waals surface area contributed by atoms with Crippen LogP contribution in [-0.2, 0) is 6.54 Å². The van der Waals surface area contributed by atoms with E-state index in [0.717, 1.165) is 5.56 Å². The van der Waals surface area contributed by atoms with E-state index in [2.05, 4.69) is 5.32 Å². The Morgan fingerprint density at radius 3 is 2.32 bits per heavy atom. The number of alkyl halides is 2. The van der Waals surface area contributed by atoms with Crippen molar-refractivity contribution >= 4 is 11.3 Å². The van der Waals surface area contributed by atoms with E-state index in [1.165, 1.54) is 17.0 Å². The standard InChI is InChI=1S/C14H15F2NOS/c15-14(16)11-5-3-10(4-6-11)13(9-18)17-8-12-2-1-7-19-12/h1-7,13-14,17-18H,8-9H2. The van der Waals surface area contributed by atoms with Crippen LogP contribution >= 0.6 is 11.3 Å². The van der Waals surface area contributed by atoms with Crippen molar-refractivity contribution in [1.82, 2.24) is 5.32 Å². The topological polar surface area (TPSA) is 32.3 Å². The fourth-order valence-electron chi connectivity index (χ4n) is 1.80. The molecule has 2 nitrogen and oxygen atoms in total. The molecule has 0 saturated heterocycles. The van der Waals surface area contributed by atoms with Gasteiger partial charge >= 0.3 is 0 Å². The summed E-state index contributed by atoms with van der Waals surface area (Å²) in [4.78, 5) is 1.17. The monoisotopic (exact) mass is 283 g/mol. The van der Waals surface area contributed by atoms with E-state index < -0.39 is 6.43 Å². The molecule has 102 valence electrons. The summed E-state index contributed by atoms with van der Waals surface area (Å²) < 4.78 is 24.9. The Labute approximate surface area is 114 Å². The number of benzene rings is 1. The lowest BCUT2D eigenvalue weighted by Crippen LogP contribution is -2.23. The Balaban J connectivity index is 2.00. The van der Waals surface area contributed by atoms with E-state index >= 15 is 0 Å². The van der Waals surface area contributed by atoms with Gasteiger partial charge in [-0.3, -0.25) is 0 Å². The molecule has 0 fully saturated rings. The molecule has 2 aromatic rings. The van der Waals surface area contributed by atoms with E-state index in [1.54, 1.807) is 23.5 Å². The summed E-state index contributed by atoms with van der Waals surface area (Å²) in [5, 5.41) is 14.6. The zero-order chi connectivity index (χ0) is 13.7. The maximum Gasteiger partial charge on any atom is 0.263 e. The first-order valence-electron chi connectivity index (χ1n) is 5.95. The SMILES string of the molecule is OCC(NCc1cccs1)c1ccc(C(F)F)cc1. The molecule has 0 aliphatic rings. The predicted octanol–water partition coefficient (Wildman–Crippen LogP) is 3.51. The van der Waals surface area contributed by atoms with Crippen LogP contribution in [-0.4, -0.2) is 11.7 Å². The Hall–Kier alpha value is -1.30. The normalized spacial score (nSPS) is 12.8. The zero-order valence-electron chi connectivity index (χ0n) is 10.2. The second-order valence-corrected chi connectivity index (χ2v) is 5.20. The molecule has 0 bridgehead atoms. The first-order valence-corrected chi connectivity index (χ1v) is 6.83. The Kier molecular flexibility index (Phi) is 5.01. The van der Waals surface area contributed by atoms with Gasteiger partial charge in [-0.2, -0.15) is 0 Å². The van der Waals surface area contributed by atoms with E-state index in [4.69, 9.17) is 0 Å². The second-order valence-electron chi connectivity index (χ2n) is 4.16.